The number of thiophene rings is 1. The van der Waals surface area contributed by atoms with E-state index < -0.39 is 0 Å². The lowest BCUT2D eigenvalue weighted by molar-refractivity contribution is -0.127. The number of nitrogens with zero attached hydrogens (tertiary/aromatic N) is 2. The highest BCUT2D eigenvalue weighted by Crippen LogP contribution is 2.14. The third-order valence-electron chi connectivity index (χ3n) is 3.66. The van der Waals surface area contributed by atoms with Crippen LogP contribution in [-0.4, -0.2) is 56.7 Å². The molecule has 136 valence electrons. The number of halogens is 1. The Morgan fingerprint density at radius 3 is 2.67 bits per heavy atom. The van der Waals surface area contributed by atoms with Gasteiger partial charge in [-0.1, -0.05) is 0 Å². The number of nitrogens with one attached hydrogen (secondary N) is 2. The van der Waals surface area contributed by atoms with Crippen molar-refractivity contribution in [1.82, 2.24) is 15.5 Å². The Bertz CT molecular complexity index is 542. The first-order valence-corrected chi connectivity index (χ1v) is 8.74. The van der Waals surface area contributed by atoms with Crippen LogP contribution in [0.4, 0.5) is 0 Å². The summed E-state index contributed by atoms with van der Waals surface area (Å²) in [6.07, 6.45) is 1.92. The lowest BCUT2D eigenvalue weighted by Gasteiger charge is -2.25. The van der Waals surface area contributed by atoms with Crippen molar-refractivity contribution in [1.29, 1.82) is 0 Å². The number of rotatable bonds is 5. The Balaban J connectivity index is 0.00000288. The Morgan fingerprint density at radius 2 is 2.08 bits per heavy atom. The number of guanidine groups is 1. The molecule has 0 bridgehead atoms. The lowest BCUT2D eigenvalue weighted by atomic mass is 10.1. The predicted molar refractivity (Wildman–Crippen MR) is 109 cm³/mol. The lowest BCUT2D eigenvalue weighted by Crippen LogP contribution is -2.45. The molecule has 1 aliphatic rings. The number of likely N-dealkylation sites (N-methyl/N-ethyl adjacent to an activating group) is 1. The molecule has 24 heavy (non-hydrogen) atoms. The Labute approximate surface area is 165 Å². The van der Waals surface area contributed by atoms with Crippen molar-refractivity contribution in [3.63, 3.8) is 0 Å². The molecule has 0 atom stereocenters. The minimum atomic E-state index is -0.00922. The van der Waals surface area contributed by atoms with Gasteiger partial charge >= 0.3 is 0 Å². The van der Waals surface area contributed by atoms with Gasteiger partial charge in [0, 0.05) is 43.1 Å². The number of carbonyl (C=O) groups excluding carboxylic acids is 1. The zero-order chi connectivity index (χ0) is 16.7. The number of aliphatic imine (C=N–C) groups is 1. The zero-order valence-corrected chi connectivity index (χ0v) is 17.6. The van der Waals surface area contributed by atoms with E-state index in [1.807, 2.05) is 0 Å². The van der Waals surface area contributed by atoms with Gasteiger partial charge in [0.2, 0.25) is 5.91 Å². The van der Waals surface area contributed by atoms with E-state index in [0.717, 1.165) is 26.1 Å². The van der Waals surface area contributed by atoms with E-state index in [0.29, 0.717) is 18.5 Å². The molecule has 2 N–H and O–H groups in total. The van der Waals surface area contributed by atoms with E-state index in [-0.39, 0.29) is 36.4 Å². The standard InChI is InChI=1S/C16H26N4O2S.HI/c1-12-4-5-14(23-12)10-17-16(18-11-15(21)20(2)3)19-13-6-8-22-9-7-13;/h4-5,13H,6-11H2,1-3H3,(H2,17,18,19);1H. The van der Waals surface area contributed by atoms with Crippen molar-refractivity contribution in [2.45, 2.75) is 32.4 Å². The van der Waals surface area contributed by atoms with Crippen molar-refractivity contribution in [3.8, 4) is 0 Å². The van der Waals surface area contributed by atoms with Crippen LogP contribution in [0.5, 0.6) is 0 Å². The summed E-state index contributed by atoms with van der Waals surface area (Å²) in [6.45, 7) is 4.50. The normalized spacial score (nSPS) is 15.5. The molecule has 1 aromatic rings. The van der Waals surface area contributed by atoms with Crippen LogP contribution in [0.3, 0.4) is 0 Å². The number of hydrogen-bond donors (Lipinski definition) is 2. The molecule has 2 rings (SSSR count). The van der Waals surface area contributed by atoms with E-state index in [1.54, 1.807) is 30.3 Å². The van der Waals surface area contributed by atoms with E-state index in [4.69, 9.17) is 4.74 Å². The van der Waals surface area contributed by atoms with Gasteiger partial charge in [-0.15, -0.1) is 35.3 Å². The third kappa shape index (κ3) is 7.35. The van der Waals surface area contributed by atoms with Crippen LogP contribution < -0.4 is 10.6 Å². The molecule has 2 heterocycles. The van der Waals surface area contributed by atoms with Gasteiger partial charge in [-0.05, 0) is 31.9 Å². The van der Waals surface area contributed by atoms with Crippen molar-refractivity contribution < 1.29 is 9.53 Å². The van der Waals surface area contributed by atoms with Gasteiger partial charge in [-0.2, -0.15) is 0 Å². The van der Waals surface area contributed by atoms with Crippen LogP contribution in [0.15, 0.2) is 17.1 Å². The Hall–Kier alpha value is -0.870. The van der Waals surface area contributed by atoms with Crippen LogP contribution in [-0.2, 0) is 16.1 Å². The number of amides is 1. The summed E-state index contributed by atoms with van der Waals surface area (Å²) in [5, 5.41) is 6.75. The van der Waals surface area contributed by atoms with E-state index >= 15 is 0 Å². The summed E-state index contributed by atoms with van der Waals surface area (Å²) in [5.74, 6) is 0.684. The van der Waals surface area contributed by atoms with Gasteiger partial charge < -0.3 is 20.3 Å². The summed E-state index contributed by atoms with van der Waals surface area (Å²) in [4.78, 5) is 20.3. The van der Waals surface area contributed by atoms with Crippen LogP contribution in [0.1, 0.15) is 22.6 Å². The summed E-state index contributed by atoms with van der Waals surface area (Å²) in [7, 11) is 3.48. The maximum atomic E-state index is 11.8. The molecule has 8 heteroatoms. The van der Waals surface area contributed by atoms with Gasteiger partial charge in [0.05, 0.1) is 6.54 Å². The van der Waals surface area contributed by atoms with E-state index in [1.165, 1.54) is 9.75 Å². The van der Waals surface area contributed by atoms with E-state index in [2.05, 4.69) is 34.7 Å². The summed E-state index contributed by atoms with van der Waals surface area (Å²) < 4.78 is 5.38. The highest BCUT2D eigenvalue weighted by molar-refractivity contribution is 14.0. The number of ether oxygens (including phenoxy) is 1. The highest BCUT2D eigenvalue weighted by Gasteiger charge is 2.15. The minimum absolute atomic E-state index is 0. The molecule has 1 aliphatic heterocycles. The first kappa shape index (κ1) is 21.2. The van der Waals surface area contributed by atoms with Crippen molar-refractivity contribution in [3.05, 3.63) is 21.9 Å². The highest BCUT2D eigenvalue weighted by atomic mass is 127. The van der Waals surface area contributed by atoms with Gasteiger partial charge in [-0.3, -0.25) is 4.79 Å². The van der Waals surface area contributed by atoms with Crippen molar-refractivity contribution >= 4 is 47.2 Å². The van der Waals surface area contributed by atoms with Gasteiger partial charge in [0.15, 0.2) is 5.96 Å². The van der Waals surface area contributed by atoms with E-state index in [9.17, 15) is 4.79 Å². The molecule has 1 amide bonds. The first-order chi connectivity index (χ1) is 11.0. The largest absolute Gasteiger partial charge is 0.381 e. The molecule has 1 saturated heterocycles. The molecule has 0 spiro atoms. The minimum Gasteiger partial charge on any atom is -0.381 e. The fraction of sp³-hybridized carbons (Fsp3) is 0.625. The molecule has 1 fully saturated rings. The number of hydrogen-bond acceptors (Lipinski definition) is 4. The van der Waals surface area contributed by atoms with Crippen molar-refractivity contribution in [2.24, 2.45) is 4.99 Å². The summed E-state index contributed by atoms with van der Waals surface area (Å²) in [5.41, 5.74) is 0. The fourth-order valence-corrected chi connectivity index (χ4v) is 3.06. The average molecular weight is 466 g/mol. The number of carbonyl (C=O) groups is 1. The van der Waals surface area contributed by atoms with Gasteiger partial charge in [0.25, 0.3) is 0 Å². The van der Waals surface area contributed by atoms with Crippen LogP contribution in [0.2, 0.25) is 0 Å². The molecule has 0 aromatic carbocycles. The molecule has 1 aromatic heterocycles. The van der Waals surface area contributed by atoms with Gasteiger partial charge in [-0.25, -0.2) is 4.99 Å². The second-order valence-corrected chi connectivity index (χ2v) is 7.22. The van der Waals surface area contributed by atoms with Crippen molar-refractivity contribution in [2.75, 3.05) is 33.9 Å². The molecule has 6 nitrogen and oxygen atoms in total. The second-order valence-electron chi connectivity index (χ2n) is 5.85. The SMILES string of the molecule is Cc1ccc(CNC(=NCC(=O)N(C)C)NC2CCOCC2)s1.I. The van der Waals surface area contributed by atoms with Gasteiger partial charge in [0.1, 0.15) is 6.54 Å². The Morgan fingerprint density at radius 1 is 1.38 bits per heavy atom. The first-order valence-electron chi connectivity index (χ1n) is 7.92. The maximum absolute atomic E-state index is 11.8. The van der Waals surface area contributed by atoms with Crippen LogP contribution >= 0.6 is 35.3 Å². The second kappa shape index (κ2) is 10.9. The Kier molecular flexibility index (Phi) is 9.60. The maximum Gasteiger partial charge on any atom is 0.243 e. The quantitative estimate of drug-likeness (QED) is 0.396. The van der Waals surface area contributed by atoms with Crippen LogP contribution in [0, 0.1) is 6.92 Å². The average Bonchev–Trinajstić information content (AvgIpc) is 2.96. The summed E-state index contributed by atoms with van der Waals surface area (Å²) >= 11 is 1.76. The summed E-state index contributed by atoms with van der Waals surface area (Å²) in [6, 6.07) is 4.57. The molecular weight excluding hydrogens is 439 g/mol. The number of aryl methyl sites for hydroxylation is 1. The third-order valence-corrected chi connectivity index (χ3v) is 4.66. The van der Waals surface area contributed by atoms with Crippen LogP contribution in [0.25, 0.3) is 0 Å². The predicted octanol–water partition coefficient (Wildman–Crippen LogP) is 1.98. The molecule has 0 saturated carbocycles. The molecule has 0 unspecified atom stereocenters. The molecule has 0 radical (unpaired) electrons. The monoisotopic (exact) mass is 466 g/mol. The zero-order valence-electron chi connectivity index (χ0n) is 14.5. The fourth-order valence-electron chi connectivity index (χ4n) is 2.23. The topological polar surface area (TPSA) is 66.0 Å². The molecular formula is C16H27IN4O2S. The molecule has 0 aliphatic carbocycles. The smallest absolute Gasteiger partial charge is 0.243 e.